The summed E-state index contributed by atoms with van der Waals surface area (Å²) in [6.45, 7) is 8.66. The second-order valence-corrected chi connectivity index (χ2v) is 9.28. The second kappa shape index (κ2) is 8.88. The molecule has 3 rings (SSSR count). The highest BCUT2D eigenvalue weighted by atomic mass is 19.1. The summed E-state index contributed by atoms with van der Waals surface area (Å²) >= 11 is 0. The van der Waals surface area contributed by atoms with E-state index in [9.17, 15) is 18.8 Å². The number of carbonyl (C=O) groups is 3. The number of aromatic nitrogens is 1. The Morgan fingerprint density at radius 1 is 1.00 bits per heavy atom. The van der Waals surface area contributed by atoms with Crippen LogP contribution in [0.1, 0.15) is 82.3 Å². The lowest BCUT2D eigenvalue weighted by molar-refractivity contribution is -0.119. The van der Waals surface area contributed by atoms with Crippen LogP contribution in [-0.2, 0) is 11.8 Å². The van der Waals surface area contributed by atoms with Gasteiger partial charge in [0.25, 0.3) is 17.6 Å². The summed E-state index contributed by atoms with van der Waals surface area (Å²) in [4.78, 5) is 38.9. The van der Waals surface area contributed by atoms with Crippen molar-refractivity contribution in [3.63, 3.8) is 0 Å². The highest BCUT2D eigenvalue weighted by Crippen LogP contribution is 2.28. The number of nitrogens with zero attached hydrogens (tertiary/aromatic N) is 1. The van der Waals surface area contributed by atoms with Crippen LogP contribution in [0.15, 0.2) is 12.1 Å². The average molecular weight is 442 g/mol. The van der Waals surface area contributed by atoms with Crippen molar-refractivity contribution >= 4 is 23.3 Å². The Morgan fingerprint density at radius 3 is 2.12 bits per heavy atom. The number of hydrogen-bond donors (Lipinski definition) is 2. The Morgan fingerprint density at radius 2 is 1.56 bits per heavy atom. The molecule has 2 amide bonds. The highest BCUT2D eigenvalue weighted by Gasteiger charge is 2.34. The average Bonchev–Trinajstić information content (AvgIpc) is 2.94. The maximum absolute atomic E-state index is 13.9. The Bertz CT molecular complexity index is 1070. The minimum atomic E-state index is -0.646. The Balaban J connectivity index is 1.87. The number of amides is 2. The molecule has 1 heterocycles. The molecule has 2 N–H and O–H groups in total. The lowest BCUT2D eigenvalue weighted by Gasteiger charge is -2.34. The van der Waals surface area contributed by atoms with E-state index in [4.69, 9.17) is 0 Å². The Labute approximate surface area is 188 Å². The van der Waals surface area contributed by atoms with Gasteiger partial charge in [-0.15, -0.1) is 0 Å². The van der Waals surface area contributed by atoms with Gasteiger partial charge in [0.1, 0.15) is 5.82 Å². The monoisotopic (exact) mass is 441 g/mol. The number of carbonyl (C=O) groups excluding carboxylic acids is 3. The van der Waals surface area contributed by atoms with Crippen molar-refractivity contribution in [3.05, 3.63) is 51.6 Å². The predicted octanol–water partition coefficient (Wildman–Crippen LogP) is 4.67. The SMILES string of the molecule is Cc1cc(NC(=O)c2c(C)c(C(=O)C(=O)NC3(C)CCCCC3)n(C)c2C)cc(C)c1F. The van der Waals surface area contributed by atoms with Crippen LogP contribution in [0.4, 0.5) is 10.1 Å². The molecule has 7 heteroatoms. The van der Waals surface area contributed by atoms with Gasteiger partial charge in [-0.25, -0.2) is 4.39 Å². The summed E-state index contributed by atoms with van der Waals surface area (Å²) in [5.74, 6) is -2.00. The van der Waals surface area contributed by atoms with Gasteiger partial charge in [0.2, 0.25) is 0 Å². The molecule has 0 aliphatic heterocycles. The number of rotatable bonds is 5. The molecule has 1 aromatic carbocycles. The van der Waals surface area contributed by atoms with Crippen LogP contribution in [0.25, 0.3) is 0 Å². The molecular formula is C25H32FN3O3. The fraction of sp³-hybridized carbons (Fsp3) is 0.480. The number of Topliss-reactive ketones (excluding diaryl/α,β-unsaturated/α-hetero) is 1. The van der Waals surface area contributed by atoms with E-state index in [2.05, 4.69) is 10.6 Å². The molecule has 172 valence electrons. The molecule has 1 aliphatic rings. The molecule has 0 bridgehead atoms. The van der Waals surface area contributed by atoms with Crippen molar-refractivity contribution in [3.8, 4) is 0 Å². The topological polar surface area (TPSA) is 80.2 Å². The minimum absolute atomic E-state index is 0.205. The van der Waals surface area contributed by atoms with Crippen molar-refractivity contribution in [1.82, 2.24) is 9.88 Å². The molecule has 0 unspecified atom stereocenters. The first-order valence-electron chi connectivity index (χ1n) is 11.1. The van der Waals surface area contributed by atoms with Gasteiger partial charge in [0.15, 0.2) is 0 Å². The predicted molar refractivity (Wildman–Crippen MR) is 123 cm³/mol. The number of hydrogen-bond acceptors (Lipinski definition) is 3. The summed E-state index contributed by atoms with van der Waals surface area (Å²) in [5.41, 5.74) is 2.55. The van der Waals surface area contributed by atoms with E-state index in [1.54, 1.807) is 51.4 Å². The zero-order chi connectivity index (χ0) is 23.8. The van der Waals surface area contributed by atoms with E-state index < -0.39 is 17.6 Å². The molecule has 0 radical (unpaired) electrons. The maximum Gasteiger partial charge on any atom is 0.294 e. The van der Waals surface area contributed by atoms with Crippen LogP contribution < -0.4 is 10.6 Å². The van der Waals surface area contributed by atoms with Gasteiger partial charge in [0, 0.05) is 24.0 Å². The molecule has 2 aromatic rings. The number of nitrogens with one attached hydrogen (secondary N) is 2. The molecule has 6 nitrogen and oxygen atoms in total. The zero-order valence-electron chi connectivity index (χ0n) is 19.7. The van der Waals surface area contributed by atoms with Gasteiger partial charge in [-0.1, -0.05) is 19.3 Å². The fourth-order valence-corrected chi connectivity index (χ4v) is 4.74. The summed E-state index contributed by atoms with van der Waals surface area (Å²) < 4.78 is 15.5. The van der Waals surface area contributed by atoms with Crippen LogP contribution in [0.3, 0.4) is 0 Å². The number of aryl methyl sites for hydroxylation is 2. The second-order valence-electron chi connectivity index (χ2n) is 9.28. The largest absolute Gasteiger partial charge is 0.344 e. The van der Waals surface area contributed by atoms with Crippen LogP contribution in [0, 0.1) is 33.5 Å². The lowest BCUT2D eigenvalue weighted by atomic mass is 9.83. The first kappa shape index (κ1) is 23.7. The number of halogens is 1. The third kappa shape index (κ3) is 4.47. The molecule has 1 saturated carbocycles. The van der Waals surface area contributed by atoms with Crippen LogP contribution >= 0.6 is 0 Å². The molecule has 1 fully saturated rings. The quantitative estimate of drug-likeness (QED) is 0.523. The van der Waals surface area contributed by atoms with Crippen molar-refractivity contribution in [2.45, 2.75) is 72.3 Å². The van der Waals surface area contributed by atoms with Gasteiger partial charge in [0.05, 0.1) is 11.3 Å². The van der Waals surface area contributed by atoms with Crippen LogP contribution in [-0.4, -0.2) is 27.7 Å². The fourth-order valence-electron chi connectivity index (χ4n) is 4.74. The van der Waals surface area contributed by atoms with Gasteiger partial charge >= 0.3 is 0 Å². The van der Waals surface area contributed by atoms with Crippen LogP contribution in [0.2, 0.25) is 0 Å². The zero-order valence-corrected chi connectivity index (χ0v) is 19.7. The molecule has 0 atom stereocenters. The van der Waals surface area contributed by atoms with E-state index in [-0.39, 0.29) is 17.1 Å². The van der Waals surface area contributed by atoms with Gasteiger partial charge in [-0.05, 0) is 76.3 Å². The van der Waals surface area contributed by atoms with E-state index in [1.807, 2.05) is 6.92 Å². The Hall–Kier alpha value is -2.96. The molecular weight excluding hydrogens is 409 g/mol. The number of ketones is 1. The smallest absolute Gasteiger partial charge is 0.294 e. The lowest BCUT2D eigenvalue weighted by Crippen LogP contribution is -2.50. The molecule has 0 saturated heterocycles. The molecule has 1 aliphatic carbocycles. The summed E-state index contributed by atoms with van der Waals surface area (Å²) in [7, 11) is 1.67. The summed E-state index contributed by atoms with van der Waals surface area (Å²) in [5, 5.41) is 5.72. The van der Waals surface area contributed by atoms with Gasteiger partial charge in [-0.3, -0.25) is 14.4 Å². The summed E-state index contributed by atoms with van der Waals surface area (Å²) in [6.07, 6.45) is 4.89. The first-order valence-corrected chi connectivity index (χ1v) is 11.1. The van der Waals surface area contributed by atoms with Crippen molar-refractivity contribution in [2.75, 3.05) is 5.32 Å². The molecule has 0 spiro atoms. The van der Waals surface area contributed by atoms with Gasteiger partial charge in [-0.2, -0.15) is 0 Å². The minimum Gasteiger partial charge on any atom is -0.344 e. The molecule has 1 aromatic heterocycles. The standard InChI is InChI=1S/C25H32FN3O3/c1-14-12-18(13-15(2)20(14)26)27-23(31)19-16(3)21(29(6)17(19)4)22(30)24(32)28-25(5)10-8-7-9-11-25/h12-13H,7-11H2,1-6H3,(H,27,31)(H,28,32). The van der Waals surface area contributed by atoms with E-state index in [0.29, 0.717) is 33.6 Å². The van der Waals surface area contributed by atoms with Crippen molar-refractivity contribution in [1.29, 1.82) is 0 Å². The van der Waals surface area contributed by atoms with Crippen LogP contribution in [0.5, 0.6) is 0 Å². The van der Waals surface area contributed by atoms with E-state index in [0.717, 1.165) is 32.1 Å². The van der Waals surface area contributed by atoms with Crippen molar-refractivity contribution in [2.24, 2.45) is 7.05 Å². The Kier molecular flexibility index (Phi) is 6.58. The number of anilines is 1. The normalized spacial score (nSPS) is 15.3. The third-order valence-electron chi connectivity index (χ3n) is 6.65. The van der Waals surface area contributed by atoms with Gasteiger partial charge < -0.3 is 15.2 Å². The maximum atomic E-state index is 13.9. The third-order valence-corrected chi connectivity index (χ3v) is 6.65. The molecule has 32 heavy (non-hydrogen) atoms. The van der Waals surface area contributed by atoms with Crippen molar-refractivity contribution < 1.29 is 18.8 Å². The van der Waals surface area contributed by atoms with E-state index >= 15 is 0 Å². The summed E-state index contributed by atoms with van der Waals surface area (Å²) in [6, 6.07) is 3.14. The first-order chi connectivity index (χ1) is 14.9. The van der Waals surface area contributed by atoms with E-state index in [1.165, 1.54) is 0 Å². The number of benzene rings is 1. The highest BCUT2D eigenvalue weighted by molar-refractivity contribution is 6.43.